The summed E-state index contributed by atoms with van der Waals surface area (Å²) in [4.78, 5) is 13.3. The van der Waals surface area contributed by atoms with E-state index in [0.29, 0.717) is 26.2 Å². The van der Waals surface area contributed by atoms with Gasteiger partial charge in [0.05, 0.1) is 19.5 Å². The van der Waals surface area contributed by atoms with E-state index >= 15 is 0 Å². The lowest BCUT2D eigenvalue weighted by Crippen LogP contribution is -2.50. The summed E-state index contributed by atoms with van der Waals surface area (Å²) in [5.41, 5.74) is 1.04. The number of sulfonamides is 1. The molecule has 0 bridgehead atoms. The molecule has 1 aromatic carbocycles. The molecule has 0 unspecified atom stereocenters. The summed E-state index contributed by atoms with van der Waals surface area (Å²) in [7, 11) is -1.77. The van der Waals surface area contributed by atoms with Crippen molar-refractivity contribution in [2.45, 2.75) is 6.92 Å². The van der Waals surface area contributed by atoms with Crippen molar-refractivity contribution in [3.8, 4) is 5.75 Å². The van der Waals surface area contributed by atoms with Crippen LogP contribution >= 0.6 is 0 Å². The zero-order valence-corrected chi connectivity index (χ0v) is 15.4. The highest BCUT2D eigenvalue weighted by Gasteiger charge is 2.26. The molecule has 1 aromatic rings. The minimum atomic E-state index is -3.39. The first kappa shape index (κ1) is 19.3. The van der Waals surface area contributed by atoms with E-state index in [1.165, 1.54) is 4.31 Å². The second-order valence-electron chi connectivity index (χ2n) is 5.55. The lowest BCUT2D eigenvalue weighted by molar-refractivity contribution is 0.153. The minimum absolute atomic E-state index is 0.0415. The molecule has 1 aliphatic rings. The van der Waals surface area contributed by atoms with Crippen LogP contribution in [0.2, 0.25) is 0 Å². The van der Waals surface area contributed by atoms with Gasteiger partial charge in [-0.2, -0.15) is 4.31 Å². The van der Waals surface area contributed by atoms with E-state index in [9.17, 15) is 13.2 Å². The van der Waals surface area contributed by atoms with Crippen molar-refractivity contribution >= 4 is 21.8 Å². The fourth-order valence-corrected chi connectivity index (χ4v) is 3.95. The average molecular weight is 371 g/mol. The van der Waals surface area contributed by atoms with Crippen molar-refractivity contribution in [2.75, 3.05) is 57.1 Å². The monoisotopic (exact) mass is 371 g/mol. The number of ether oxygens (including phenoxy) is 2. The van der Waals surface area contributed by atoms with Crippen LogP contribution in [0.25, 0.3) is 0 Å². The molecule has 2 rings (SSSR count). The van der Waals surface area contributed by atoms with Crippen LogP contribution in [0.1, 0.15) is 6.92 Å². The van der Waals surface area contributed by atoms with Crippen LogP contribution < -0.4 is 15.0 Å². The molecule has 25 heavy (non-hydrogen) atoms. The SMILES string of the molecule is CCOC(=O)NCCS(=O)(=O)N1CCN(c2ccc(OC)cc2)CC1. The maximum atomic E-state index is 12.4. The maximum absolute atomic E-state index is 12.4. The van der Waals surface area contributed by atoms with Crippen molar-refractivity contribution in [2.24, 2.45) is 0 Å². The zero-order valence-electron chi connectivity index (χ0n) is 14.6. The molecular formula is C16H25N3O5S. The Hall–Kier alpha value is -2.00. The topological polar surface area (TPSA) is 88.2 Å². The molecule has 0 radical (unpaired) electrons. The number of carbonyl (C=O) groups is 1. The number of alkyl carbamates (subject to hydrolysis) is 1. The first-order valence-electron chi connectivity index (χ1n) is 8.23. The van der Waals surface area contributed by atoms with Crippen LogP contribution in [-0.2, 0) is 14.8 Å². The molecule has 1 N–H and O–H groups in total. The normalized spacial score (nSPS) is 15.7. The van der Waals surface area contributed by atoms with Crippen LogP contribution in [-0.4, -0.2) is 71.0 Å². The largest absolute Gasteiger partial charge is 0.497 e. The number of benzene rings is 1. The second-order valence-corrected chi connectivity index (χ2v) is 7.64. The molecule has 140 valence electrons. The summed E-state index contributed by atoms with van der Waals surface area (Å²) >= 11 is 0. The molecule has 1 aliphatic heterocycles. The molecule has 9 heteroatoms. The number of carbonyl (C=O) groups excluding carboxylic acids is 1. The summed E-state index contributed by atoms with van der Waals surface area (Å²) in [5.74, 6) is 0.660. The third-order valence-electron chi connectivity index (χ3n) is 3.97. The van der Waals surface area contributed by atoms with Gasteiger partial charge in [0.15, 0.2) is 0 Å². The van der Waals surface area contributed by atoms with E-state index in [1.807, 2.05) is 24.3 Å². The Morgan fingerprint density at radius 2 is 1.80 bits per heavy atom. The fourth-order valence-electron chi connectivity index (χ4n) is 2.61. The van der Waals surface area contributed by atoms with Crippen LogP contribution in [0, 0.1) is 0 Å². The third-order valence-corrected chi connectivity index (χ3v) is 5.85. The van der Waals surface area contributed by atoms with Gasteiger partial charge in [-0.15, -0.1) is 0 Å². The zero-order chi connectivity index (χ0) is 18.3. The number of hydrogen-bond donors (Lipinski definition) is 1. The molecule has 0 aliphatic carbocycles. The van der Waals surface area contributed by atoms with Crippen LogP contribution in [0.3, 0.4) is 0 Å². The first-order chi connectivity index (χ1) is 12.0. The van der Waals surface area contributed by atoms with Gasteiger partial charge in [0.25, 0.3) is 0 Å². The Kier molecular flexibility index (Phi) is 6.89. The standard InChI is InChI=1S/C16H25N3O5S/c1-3-24-16(20)17-8-13-25(21,22)19-11-9-18(10-12-19)14-4-6-15(23-2)7-5-14/h4-7H,3,8-13H2,1-2H3,(H,17,20). The molecule has 1 saturated heterocycles. The van der Waals surface area contributed by atoms with Gasteiger partial charge in [-0.3, -0.25) is 0 Å². The smallest absolute Gasteiger partial charge is 0.407 e. The summed E-state index contributed by atoms with van der Waals surface area (Å²) in [5, 5.41) is 2.43. The molecule has 8 nitrogen and oxygen atoms in total. The fraction of sp³-hybridized carbons (Fsp3) is 0.562. The third kappa shape index (κ3) is 5.50. The van der Waals surface area contributed by atoms with Crippen molar-refractivity contribution in [3.05, 3.63) is 24.3 Å². The van der Waals surface area contributed by atoms with Crippen molar-refractivity contribution < 1.29 is 22.7 Å². The van der Waals surface area contributed by atoms with E-state index in [0.717, 1.165) is 11.4 Å². The Bertz CT molecular complexity index is 655. The van der Waals surface area contributed by atoms with Crippen molar-refractivity contribution in [1.29, 1.82) is 0 Å². The van der Waals surface area contributed by atoms with Gasteiger partial charge < -0.3 is 19.7 Å². The number of amides is 1. The van der Waals surface area contributed by atoms with E-state index in [2.05, 4.69) is 10.2 Å². The van der Waals surface area contributed by atoms with Gasteiger partial charge in [0, 0.05) is 38.4 Å². The number of nitrogens with one attached hydrogen (secondary N) is 1. The highest BCUT2D eigenvalue weighted by Crippen LogP contribution is 2.21. The van der Waals surface area contributed by atoms with E-state index < -0.39 is 16.1 Å². The molecular weight excluding hydrogens is 346 g/mol. The Labute approximate surface area is 148 Å². The van der Waals surface area contributed by atoms with Gasteiger partial charge >= 0.3 is 6.09 Å². The lowest BCUT2D eigenvalue weighted by atomic mass is 10.2. The summed E-state index contributed by atoms with van der Waals surface area (Å²) in [6, 6.07) is 7.71. The Morgan fingerprint density at radius 1 is 1.16 bits per heavy atom. The van der Waals surface area contributed by atoms with Crippen LogP contribution in [0.15, 0.2) is 24.3 Å². The molecule has 1 amide bonds. The maximum Gasteiger partial charge on any atom is 0.407 e. The highest BCUT2D eigenvalue weighted by molar-refractivity contribution is 7.89. The molecule has 1 fully saturated rings. The molecule has 0 saturated carbocycles. The number of methoxy groups -OCH3 is 1. The molecule has 0 spiro atoms. The van der Waals surface area contributed by atoms with E-state index in [-0.39, 0.29) is 18.9 Å². The van der Waals surface area contributed by atoms with Crippen molar-refractivity contribution in [3.63, 3.8) is 0 Å². The molecule has 1 heterocycles. The highest BCUT2D eigenvalue weighted by atomic mass is 32.2. The van der Waals surface area contributed by atoms with E-state index in [4.69, 9.17) is 9.47 Å². The van der Waals surface area contributed by atoms with Crippen LogP contribution in [0.4, 0.5) is 10.5 Å². The minimum Gasteiger partial charge on any atom is -0.497 e. The van der Waals surface area contributed by atoms with Gasteiger partial charge in [0.2, 0.25) is 10.0 Å². The van der Waals surface area contributed by atoms with Gasteiger partial charge in [-0.1, -0.05) is 0 Å². The number of nitrogens with zero attached hydrogens (tertiary/aromatic N) is 2. The Morgan fingerprint density at radius 3 is 2.36 bits per heavy atom. The van der Waals surface area contributed by atoms with Crippen molar-refractivity contribution in [1.82, 2.24) is 9.62 Å². The van der Waals surface area contributed by atoms with Crippen LogP contribution in [0.5, 0.6) is 5.75 Å². The number of anilines is 1. The van der Waals surface area contributed by atoms with Gasteiger partial charge in [-0.05, 0) is 31.2 Å². The second kappa shape index (κ2) is 8.91. The van der Waals surface area contributed by atoms with Gasteiger partial charge in [-0.25, -0.2) is 13.2 Å². The number of rotatable bonds is 7. The van der Waals surface area contributed by atoms with Gasteiger partial charge in [0.1, 0.15) is 5.75 Å². The number of piperazine rings is 1. The first-order valence-corrected chi connectivity index (χ1v) is 9.84. The summed E-state index contributed by atoms with van der Waals surface area (Å²) < 4.78 is 36.0. The van der Waals surface area contributed by atoms with E-state index in [1.54, 1.807) is 14.0 Å². The summed E-state index contributed by atoms with van der Waals surface area (Å²) in [6.45, 7) is 4.08. The molecule has 0 aromatic heterocycles. The Balaban J connectivity index is 1.82. The summed E-state index contributed by atoms with van der Waals surface area (Å²) in [6.07, 6.45) is -0.595. The quantitative estimate of drug-likeness (QED) is 0.766. The number of hydrogen-bond acceptors (Lipinski definition) is 6. The predicted octanol–water partition coefficient (Wildman–Crippen LogP) is 0.893. The average Bonchev–Trinajstić information content (AvgIpc) is 2.62. The lowest BCUT2D eigenvalue weighted by Gasteiger charge is -2.35. The molecule has 0 atom stereocenters. The predicted molar refractivity (Wildman–Crippen MR) is 95.6 cm³/mol.